The summed E-state index contributed by atoms with van der Waals surface area (Å²) in [4.78, 5) is 18.9. The molecule has 3 aromatic rings. The summed E-state index contributed by atoms with van der Waals surface area (Å²) in [5, 5.41) is 11.0. The first-order valence-corrected chi connectivity index (χ1v) is 9.64. The van der Waals surface area contributed by atoms with Crippen LogP contribution in [-0.4, -0.2) is 42.3 Å². The van der Waals surface area contributed by atoms with E-state index in [4.69, 9.17) is 0 Å². The van der Waals surface area contributed by atoms with Crippen LogP contribution in [0.5, 0.6) is 0 Å². The number of carbonyl (C=O) groups is 1. The summed E-state index contributed by atoms with van der Waals surface area (Å²) >= 11 is 0. The van der Waals surface area contributed by atoms with Crippen LogP contribution in [0.25, 0.3) is 11.1 Å². The van der Waals surface area contributed by atoms with E-state index in [1.165, 1.54) is 7.05 Å². The van der Waals surface area contributed by atoms with Gasteiger partial charge in [0.05, 0.1) is 17.9 Å². The summed E-state index contributed by atoms with van der Waals surface area (Å²) < 4.78 is 40.1. The van der Waals surface area contributed by atoms with Gasteiger partial charge in [0.2, 0.25) is 0 Å². The summed E-state index contributed by atoms with van der Waals surface area (Å²) in [6.45, 7) is 2.38. The molecular formula is C20H21F3N6O. The van der Waals surface area contributed by atoms with Crippen LogP contribution in [0.15, 0.2) is 30.7 Å². The highest BCUT2D eigenvalue weighted by atomic mass is 19.4. The van der Waals surface area contributed by atoms with Crippen molar-refractivity contribution in [3.63, 3.8) is 0 Å². The third kappa shape index (κ3) is 3.57. The van der Waals surface area contributed by atoms with Crippen LogP contribution in [0.1, 0.15) is 52.7 Å². The van der Waals surface area contributed by atoms with Gasteiger partial charge < -0.3 is 4.90 Å². The molecule has 0 saturated carbocycles. The molecule has 158 valence electrons. The molecule has 7 nitrogen and oxygen atoms in total. The number of alkyl halides is 3. The van der Waals surface area contributed by atoms with Crippen molar-refractivity contribution in [1.82, 2.24) is 29.9 Å². The second-order valence-electron chi connectivity index (χ2n) is 7.43. The number of hydrogen-bond donors (Lipinski definition) is 1. The number of hydrogen-bond acceptors (Lipinski definition) is 4. The summed E-state index contributed by atoms with van der Waals surface area (Å²) in [5.74, 6) is -0.516. The minimum absolute atomic E-state index is 0.210. The van der Waals surface area contributed by atoms with Gasteiger partial charge >= 0.3 is 6.18 Å². The van der Waals surface area contributed by atoms with Gasteiger partial charge in [-0.1, -0.05) is 0 Å². The number of H-pyrrole nitrogens is 1. The van der Waals surface area contributed by atoms with E-state index in [1.54, 1.807) is 23.5 Å². The molecule has 0 aromatic carbocycles. The van der Waals surface area contributed by atoms with Gasteiger partial charge in [-0.3, -0.25) is 19.6 Å². The molecule has 1 fully saturated rings. The number of aryl methyl sites for hydroxylation is 2. The number of nitrogens with zero attached hydrogens (tertiary/aromatic N) is 5. The largest absolute Gasteiger partial charge is 0.433 e. The average Bonchev–Trinajstić information content (AvgIpc) is 3.34. The number of amides is 1. The molecule has 1 amide bonds. The monoisotopic (exact) mass is 418 g/mol. The standard InChI is InChI=1S/C20H21F3N6O/c1-12-10-24-7-6-13(12)14-11-25-26-18(14)16-5-3-4-8-29(16)19(30)15-9-17(20(21,22)23)28(2)27-15/h6-7,9-11,16H,3-5,8H2,1-2H3,(H,25,26)/t16-/m0/s1. The smallest absolute Gasteiger partial charge is 0.329 e. The van der Waals surface area contributed by atoms with E-state index in [-0.39, 0.29) is 11.7 Å². The molecule has 4 heterocycles. The second-order valence-corrected chi connectivity index (χ2v) is 7.43. The molecule has 3 aromatic heterocycles. The molecule has 1 saturated heterocycles. The zero-order valence-electron chi connectivity index (χ0n) is 16.6. The number of pyridine rings is 1. The van der Waals surface area contributed by atoms with Crippen molar-refractivity contribution in [2.75, 3.05) is 6.54 Å². The Morgan fingerprint density at radius 1 is 1.23 bits per heavy atom. The molecule has 1 aliphatic heterocycles. The van der Waals surface area contributed by atoms with Crippen molar-refractivity contribution in [3.05, 3.63) is 53.4 Å². The Balaban J connectivity index is 1.70. The highest BCUT2D eigenvalue weighted by Crippen LogP contribution is 2.37. The molecule has 1 atom stereocenters. The minimum Gasteiger partial charge on any atom is -0.329 e. The summed E-state index contributed by atoms with van der Waals surface area (Å²) in [5.41, 5.74) is 2.38. The van der Waals surface area contributed by atoms with E-state index in [0.29, 0.717) is 17.6 Å². The molecule has 4 rings (SSSR count). The van der Waals surface area contributed by atoms with Crippen molar-refractivity contribution in [2.24, 2.45) is 7.05 Å². The highest BCUT2D eigenvalue weighted by Gasteiger charge is 2.38. The molecule has 10 heteroatoms. The van der Waals surface area contributed by atoms with Gasteiger partial charge in [-0.05, 0) is 43.4 Å². The van der Waals surface area contributed by atoms with Crippen molar-refractivity contribution < 1.29 is 18.0 Å². The van der Waals surface area contributed by atoms with Crippen LogP contribution < -0.4 is 0 Å². The molecular weight excluding hydrogens is 397 g/mol. The lowest BCUT2D eigenvalue weighted by atomic mass is 9.93. The molecule has 1 N–H and O–H groups in total. The minimum atomic E-state index is -4.57. The van der Waals surface area contributed by atoms with Crippen LogP contribution in [0, 0.1) is 6.92 Å². The first kappa shape index (κ1) is 20.1. The number of piperidine rings is 1. The fraction of sp³-hybridized carbons (Fsp3) is 0.400. The van der Waals surface area contributed by atoms with Gasteiger partial charge in [-0.2, -0.15) is 23.4 Å². The lowest BCUT2D eigenvalue weighted by molar-refractivity contribution is -0.143. The molecule has 30 heavy (non-hydrogen) atoms. The SMILES string of the molecule is Cc1cnccc1-c1cn[nH]c1[C@@H]1CCCCN1C(=O)c1cc(C(F)(F)F)n(C)n1. The summed E-state index contributed by atoms with van der Waals surface area (Å²) in [6, 6.07) is 2.37. The first-order valence-electron chi connectivity index (χ1n) is 9.64. The molecule has 0 unspecified atom stereocenters. The van der Waals surface area contributed by atoms with Gasteiger partial charge in [0.25, 0.3) is 5.91 Å². The van der Waals surface area contributed by atoms with E-state index >= 15 is 0 Å². The Kier molecular flexibility index (Phi) is 5.08. The quantitative estimate of drug-likeness (QED) is 0.700. The third-order valence-corrected chi connectivity index (χ3v) is 5.47. The normalized spacial score (nSPS) is 17.4. The maximum atomic E-state index is 13.2. The van der Waals surface area contributed by atoms with Crippen molar-refractivity contribution in [2.45, 2.75) is 38.4 Å². The molecule has 0 radical (unpaired) electrons. The Bertz CT molecular complexity index is 1070. The van der Waals surface area contributed by atoms with Crippen LogP contribution in [-0.2, 0) is 13.2 Å². The predicted octanol–water partition coefficient (Wildman–Crippen LogP) is 3.90. The Hall–Kier alpha value is -3.17. The van der Waals surface area contributed by atoms with Gasteiger partial charge in [-0.25, -0.2) is 0 Å². The Morgan fingerprint density at radius 2 is 2.03 bits per heavy atom. The fourth-order valence-corrected chi connectivity index (χ4v) is 4.00. The maximum absolute atomic E-state index is 13.2. The zero-order chi connectivity index (χ0) is 21.5. The molecule has 0 bridgehead atoms. The van der Waals surface area contributed by atoms with E-state index < -0.39 is 17.8 Å². The van der Waals surface area contributed by atoms with E-state index in [1.807, 2.05) is 13.0 Å². The molecule has 0 spiro atoms. The number of carbonyl (C=O) groups excluding carboxylic acids is 1. The van der Waals surface area contributed by atoms with Crippen LogP contribution in [0.3, 0.4) is 0 Å². The molecule has 1 aliphatic rings. The van der Waals surface area contributed by atoms with E-state index in [0.717, 1.165) is 41.3 Å². The van der Waals surface area contributed by atoms with Crippen molar-refractivity contribution in [3.8, 4) is 11.1 Å². The third-order valence-electron chi connectivity index (χ3n) is 5.47. The summed E-state index contributed by atoms with van der Waals surface area (Å²) in [7, 11) is 1.19. The number of rotatable bonds is 3. The number of halogens is 3. The first-order chi connectivity index (χ1) is 14.3. The summed E-state index contributed by atoms with van der Waals surface area (Å²) in [6.07, 6.45) is 2.94. The molecule has 0 aliphatic carbocycles. The topological polar surface area (TPSA) is 79.7 Å². The van der Waals surface area contributed by atoms with E-state index in [2.05, 4.69) is 20.3 Å². The maximum Gasteiger partial charge on any atom is 0.433 e. The number of aromatic amines is 1. The Labute approximate surface area is 170 Å². The predicted molar refractivity (Wildman–Crippen MR) is 102 cm³/mol. The number of nitrogens with one attached hydrogen (secondary N) is 1. The van der Waals surface area contributed by atoms with Crippen molar-refractivity contribution >= 4 is 5.91 Å². The number of likely N-dealkylation sites (tertiary alicyclic amines) is 1. The Morgan fingerprint density at radius 3 is 2.73 bits per heavy atom. The lowest BCUT2D eigenvalue weighted by Gasteiger charge is -2.35. The van der Waals surface area contributed by atoms with Gasteiger partial charge in [0.1, 0.15) is 5.69 Å². The lowest BCUT2D eigenvalue weighted by Crippen LogP contribution is -2.39. The fourth-order valence-electron chi connectivity index (χ4n) is 4.00. The van der Waals surface area contributed by atoms with Gasteiger partial charge in [0.15, 0.2) is 5.69 Å². The average molecular weight is 418 g/mol. The highest BCUT2D eigenvalue weighted by molar-refractivity contribution is 5.93. The van der Waals surface area contributed by atoms with Crippen LogP contribution in [0.4, 0.5) is 13.2 Å². The van der Waals surface area contributed by atoms with Crippen molar-refractivity contribution in [1.29, 1.82) is 0 Å². The number of aromatic nitrogens is 5. The van der Waals surface area contributed by atoms with Crippen LogP contribution >= 0.6 is 0 Å². The van der Waals surface area contributed by atoms with Crippen LogP contribution in [0.2, 0.25) is 0 Å². The van der Waals surface area contributed by atoms with E-state index in [9.17, 15) is 18.0 Å². The van der Waals surface area contributed by atoms with Gasteiger partial charge in [0, 0.05) is 37.6 Å². The second kappa shape index (κ2) is 7.58. The van der Waals surface area contributed by atoms with Gasteiger partial charge in [-0.15, -0.1) is 0 Å². The zero-order valence-corrected chi connectivity index (χ0v) is 16.6.